The van der Waals surface area contributed by atoms with Gasteiger partial charge in [0.15, 0.2) is 0 Å². The van der Waals surface area contributed by atoms with E-state index in [-0.39, 0.29) is 5.41 Å². The number of aromatic nitrogens is 1. The number of fused-ring (bicyclic) bond motifs is 1. The van der Waals surface area contributed by atoms with Crippen LogP contribution in [0, 0.1) is 5.92 Å². The molecule has 2 atom stereocenters. The second kappa shape index (κ2) is 5.15. The molecule has 0 radical (unpaired) electrons. The summed E-state index contributed by atoms with van der Waals surface area (Å²) in [6, 6.07) is 0.732. The van der Waals surface area contributed by atoms with Gasteiger partial charge in [-0.3, -0.25) is 4.90 Å². The van der Waals surface area contributed by atoms with Crippen molar-refractivity contribution in [1.29, 1.82) is 0 Å². The van der Waals surface area contributed by atoms with Gasteiger partial charge in [-0.05, 0) is 30.7 Å². The fraction of sp³-hybridized carbons (Fsp3) is 0.800. The number of nitrogens with zero attached hydrogens (tertiary/aromatic N) is 2. The Labute approximate surface area is 120 Å². The monoisotopic (exact) mass is 279 g/mol. The summed E-state index contributed by atoms with van der Waals surface area (Å²) in [7, 11) is 0. The summed E-state index contributed by atoms with van der Waals surface area (Å²) in [4.78, 5) is 8.60. The van der Waals surface area contributed by atoms with Gasteiger partial charge in [0.05, 0.1) is 6.54 Å². The highest BCUT2D eigenvalue weighted by Crippen LogP contribution is 2.30. The van der Waals surface area contributed by atoms with E-state index in [1.165, 1.54) is 42.4 Å². The zero-order valence-electron chi connectivity index (χ0n) is 12.3. The van der Waals surface area contributed by atoms with Crippen LogP contribution in [0.1, 0.15) is 43.5 Å². The maximum atomic E-state index is 4.62. The highest BCUT2D eigenvalue weighted by atomic mass is 32.1. The molecule has 2 saturated heterocycles. The van der Waals surface area contributed by atoms with Gasteiger partial charge < -0.3 is 5.32 Å². The third kappa shape index (κ3) is 3.01. The Morgan fingerprint density at radius 2 is 2.26 bits per heavy atom. The van der Waals surface area contributed by atoms with E-state index in [0.717, 1.165) is 18.5 Å². The highest BCUT2D eigenvalue weighted by Gasteiger charge is 2.34. The average molecular weight is 279 g/mol. The van der Waals surface area contributed by atoms with Crippen LogP contribution in [0.15, 0.2) is 6.20 Å². The van der Waals surface area contributed by atoms with E-state index in [0.29, 0.717) is 0 Å². The zero-order chi connectivity index (χ0) is 13.5. The number of thiazole rings is 1. The molecule has 4 heteroatoms. The lowest BCUT2D eigenvalue weighted by molar-refractivity contribution is 0.312. The molecule has 0 unspecified atom stereocenters. The molecule has 2 fully saturated rings. The molecule has 0 amide bonds. The van der Waals surface area contributed by atoms with Gasteiger partial charge in [0.25, 0.3) is 0 Å². The first-order valence-electron chi connectivity index (χ1n) is 7.43. The van der Waals surface area contributed by atoms with Crippen LogP contribution < -0.4 is 5.32 Å². The molecule has 19 heavy (non-hydrogen) atoms. The predicted octanol–water partition coefficient (Wildman–Crippen LogP) is 2.62. The van der Waals surface area contributed by atoms with Gasteiger partial charge in [0, 0.05) is 30.2 Å². The van der Waals surface area contributed by atoms with Crippen molar-refractivity contribution in [3.8, 4) is 0 Å². The van der Waals surface area contributed by atoms with Crippen molar-refractivity contribution in [2.75, 3.05) is 19.6 Å². The van der Waals surface area contributed by atoms with Crippen LogP contribution in [0.5, 0.6) is 0 Å². The smallest absolute Gasteiger partial charge is 0.107 e. The summed E-state index contributed by atoms with van der Waals surface area (Å²) in [5.74, 6) is 0.871. The van der Waals surface area contributed by atoms with Crippen LogP contribution in [-0.4, -0.2) is 35.6 Å². The fourth-order valence-corrected chi connectivity index (χ4v) is 4.20. The average Bonchev–Trinajstić information content (AvgIpc) is 2.94. The van der Waals surface area contributed by atoms with E-state index in [1.807, 2.05) is 11.3 Å². The molecule has 0 saturated carbocycles. The molecule has 2 aliphatic rings. The van der Waals surface area contributed by atoms with Crippen molar-refractivity contribution in [3.63, 3.8) is 0 Å². The first-order valence-corrected chi connectivity index (χ1v) is 8.25. The third-order valence-corrected chi connectivity index (χ3v) is 5.73. The van der Waals surface area contributed by atoms with Gasteiger partial charge in [0.1, 0.15) is 5.01 Å². The summed E-state index contributed by atoms with van der Waals surface area (Å²) >= 11 is 1.89. The Balaban J connectivity index is 1.61. The zero-order valence-corrected chi connectivity index (χ0v) is 13.1. The van der Waals surface area contributed by atoms with Crippen LogP contribution in [0.4, 0.5) is 0 Å². The van der Waals surface area contributed by atoms with Gasteiger partial charge in [-0.2, -0.15) is 0 Å². The van der Waals surface area contributed by atoms with E-state index in [2.05, 4.69) is 42.2 Å². The first-order chi connectivity index (χ1) is 9.02. The molecule has 1 N–H and O–H groups in total. The van der Waals surface area contributed by atoms with E-state index in [1.54, 1.807) is 0 Å². The summed E-state index contributed by atoms with van der Waals surface area (Å²) in [5, 5.41) is 4.95. The second-order valence-corrected chi connectivity index (χ2v) is 8.14. The second-order valence-electron chi connectivity index (χ2n) is 7.03. The summed E-state index contributed by atoms with van der Waals surface area (Å²) < 4.78 is 0. The molecule has 3 heterocycles. The van der Waals surface area contributed by atoms with Gasteiger partial charge in [-0.25, -0.2) is 4.98 Å². The number of hydrogen-bond donors (Lipinski definition) is 1. The van der Waals surface area contributed by atoms with Crippen LogP contribution in [0.2, 0.25) is 0 Å². The van der Waals surface area contributed by atoms with Crippen molar-refractivity contribution in [2.24, 2.45) is 5.92 Å². The summed E-state index contributed by atoms with van der Waals surface area (Å²) in [5.41, 5.74) is 0.233. The van der Waals surface area contributed by atoms with Crippen LogP contribution in [0.25, 0.3) is 0 Å². The third-order valence-electron chi connectivity index (χ3n) is 4.33. The lowest BCUT2D eigenvalue weighted by Crippen LogP contribution is -2.40. The molecule has 2 aliphatic heterocycles. The van der Waals surface area contributed by atoms with Crippen LogP contribution in [0.3, 0.4) is 0 Å². The predicted molar refractivity (Wildman–Crippen MR) is 80.6 cm³/mol. The summed E-state index contributed by atoms with van der Waals surface area (Å²) in [6.45, 7) is 11.5. The van der Waals surface area contributed by atoms with E-state index < -0.39 is 0 Å². The Bertz CT molecular complexity index is 421. The molecule has 0 aromatic carbocycles. The van der Waals surface area contributed by atoms with Crippen LogP contribution >= 0.6 is 11.3 Å². The Morgan fingerprint density at radius 3 is 2.95 bits per heavy atom. The van der Waals surface area contributed by atoms with E-state index in [4.69, 9.17) is 0 Å². The largest absolute Gasteiger partial charge is 0.312 e. The van der Waals surface area contributed by atoms with Gasteiger partial charge in [-0.15, -0.1) is 11.3 Å². The molecule has 0 spiro atoms. The van der Waals surface area contributed by atoms with Gasteiger partial charge in [-0.1, -0.05) is 20.8 Å². The maximum Gasteiger partial charge on any atom is 0.107 e. The highest BCUT2D eigenvalue weighted by molar-refractivity contribution is 7.11. The normalized spacial score (nSPS) is 28.6. The molecular weight excluding hydrogens is 254 g/mol. The van der Waals surface area contributed by atoms with Gasteiger partial charge in [0.2, 0.25) is 0 Å². The lowest BCUT2D eigenvalue weighted by atomic mass is 9.94. The van der Waals surface area contributed by atoms with Crippen molar-refractivity contribution in [3.05, 3.63) is 16.1 Å². The molecule has 3 rings (SSSR count). The number of hydrogen-bond acceptors (Lipinski definition) is 4. The van der Waals surface area contributed by atoms with Crippen molar-refractivity contribution >= 4 is 11.3 Å². The summed E-state index contributed by atoms with van der Waals surface area (Å²) in [6.07, 6.45) is 4.82. The van der Waals surface area contributed by atoms with Crippen LogP contribution in [-0.2, 0) is 12.0 Å². The van der Waals surface area contributed by atoms with Crippen molar-refractivity contribution in [1.82, 2.24) is 15.2 Å². The quantitative estimate of drug-likeness (QED) is 0.902. The minimum absolute atomic E-state index is 0.233. The molecule has 1 aromatic rings. The SMILES string of the molecule is CC(C)(C)c1cnc(CN2C[C@@H]3CCCN[C@@H]3C2)s1. The van der Waals surface area contributed by atoms with Gasteiger partial charge >= 0.3 is 0 Å². The number of piperidine rings is 1. The minimum atomic E-state index is 0.233. The molecule has 0 aliphatic carbocycles. The Kier molecular flexibility index (Phi) is 3.67. The molecule has 0 bridgehead atoms. The lowest BCUT2D eigenvalue weighted by Gasteiger charge is -2.24. The van der Waals surface area contributed by atoms with Crippen molar-refractivity contribution < 1.29 is 0 Å². The number of likely N-dealkylation sites (tertiary alicyclic amines) is 1. The number of rotatable bonds is 2. The standard InChI is InChI=1S/C15H25N3S/c1-15(2,3)13-7-17-14(19-13)10-18-8-11-5-4-6-16-12(11)9-18/h7,11-12,16H,4-6,8-10H2,1-3H3/t11-,12+/m0/s1. The molecule has 3 nitrogen and oxygen atoms in total. The molecule has 1 aromatic heterocycles. The fourth-order valence-electron chi connectivity index (χ4n) is 3.19. The minimum Gasteiger partial charge on any atom is -0.312 e. The first kappa shape index (κ1) is 13.5. The Morgan fingerprint density at radius 1 is 1.42 bits per heavy atom. The Hall–Kier alpha value is -0.450. The van der Waals surface area contributed by atoms with Crippen molar-refractivity contribution in [2.45, 2.75) is 51.6 Å². The molecule has 106 valence electrons. The molecular formula is C15H25N3S. The number of nitrogens with one attached hydrogen (secondary N) is 1. The van der Waals surface area contributed by atoms with E-state index >= 15 is 0 Å². The topological polar surface area (TPSA) is 28.2 Å². The van der Waals surface area contributed by atoms with E-state index in [9.17, 15) is 0 Å². The maximum absolute atomic E-state index is 4.62.